The van der Waals surface area contributed by atoms with Crippen LogP contribution >= 0.6 is 27.5 Å². The summed E-state index contributed by atoms with van der Waals surface area (Å²) in [6, 6.07) is 8.76. The molecular weight excluding hydrogens is 356 g/mol. The van der Waals surface area contributed by atoms with E-state index < -0.39 is 0 Å². The molecule has 0 atom stereocenters. The van der Waals surface area contributed by atoms with Crippen LogP contribution in [0.5, 0.6) is 11.5 Å². The molecule has 0 aromatic heterocycles. The van der Waals surface area contributed by atoms with Crippen LogP contribution in [0.4, 0.5) is 0 Å². The van der Waals surface area contributed by atoms with Crippen molar-refractivity contribution in [3.05, 3.63) is 56.5 Å². The van der Waals surface area contributed by atoms with Gasteiger partial charge in [-0.2, -0.15) is 0 Å². The number of methoxy groups -OCH3 is 2. The van der Waals surface area contributed by atoms with Crippen LogP contribution in [0.2, 0.25) is 5.02 Å². The lowest BCUT2D eigenvalue weighted by Crippen LogP contribution is -2.07. The van der Waals surface area contributed by atoms with E-state index in [-0.39, 0.29) is 5.78 Å². The average molecular weight is 370 g/mol. The standard InChI is InChI=1S/C16H14BrClO3/c1-9-5-4-6-11(15(9)18)16(19)14-12(17)7-10(20-2)8-13(14)21-3/h4-8H,1-3H3. The van der Waals surface area contributed by atoms with Crippen LogP contribution in [-0.4, -0.2) is 20.0 Å². The minimum Gasteiger partial charge on any atom is -0.497 e. The zero-order chi connectivity index (χ0) is 15.6. The Morgan fingerprint density at radius 1 is 1.19 bits per heavy atom. The van der Waals surface area contributed by atoms with Crippen molar-refractivity contribution in [2.45, 2.75) is 6.92 Å². The second kappa shape index (κ2) is 6.50. The summed E-state index contributed by atoms with van der Waals surface area (Å²) in [5.41, 5.74) is 1.72. The van der Waals surface area contributed by atoms with Gasteiger partial charge < -0.3 is 9.47 Å². The number of carbonyl (C=O) groups is 1. The summed E-state index contributed by atoms with van der Waals surface area (Å²) >= 11 is 9.64. The molecule has 2 aromatic rings. The zero-order valence-electron chi connectivity index (χ0n) is 11.9. The maximum absolute atomic E-state index is 12.8. The van der Waals surface area contributed by atoms with E-state index in [1.54, 1.807) is 31.4 Å². The van der Waals surface area contributed by atoms with E-state index in [4.69, 9.17) is 21.1 Å². The quantitative estimate of drug-likeness (QED) is 0.735. The van der Waals surface area contributed by atoms with Gasteiger partial charge in [-0.15, -0.1) is 0 Å². The molecule has 0 saturated heterocycles. The van der Waals surface area contributed by atoms with E-state index in [2.05, 4.69) is 15.9 Å². The molecule has 0 spiro atoms. The van der Waals surface area contributed by atoms with E-state index in [9.17, 15) is 4.79 Å². The number of carbonyl (C=O) groups excluding carboxylic acids is 1. The highest BCUT2D eigenvalue weighted by Crippen LogP contribution is 2.35. The molecule has 0 aliphatic carbocycles. The molecule has 0 N–H and O–H groups in total. The van der Waals surface area contributed by atoms with Crippen LogP contribution in [0.25, 0.3) is 0 Å². The number of aryl methyl sites for hydroxylation is 1. The van der Waals surface area contributed by atoms with Crippen LogP contribution in [0.1, 0.15) is 21.5 Å². The highest BCUT2D eigenvalue weighted by atomic mass is 79.9. The van der Waals surface area contributed by atoms with Gasteiger partial charge >= 0.3 is 0 Å². The van der Waals surface area contributed by atoms with Crippen LogP contribution < -0.4 is 9.47 Å². The summed E-state index contributed by atoms with van der Waals surface area (Å²) in [6.07, 6.45) is 0. The van der Waals surface area contributed by atoms with Gasteiger partial charge in [0.05, 0.1) is 24.8 Å². The van der Waals surface area contributed by atoms with Crippen LogP contribution in [0, 0.1) is 6.92 Å². The first-order chi connectivity index (χ1) is 9.99. The minimum absolute atomic E-state index is 0.199. The van der Waals surface area contributed by atoms with Crippen molar-refractivity contribution in [1.82, 2.24) is 0 Å². The van der Waals surface area contributed by atoms with E-state index in [1.165, 1.54) is 7.11 Å². The molecule has 0 unspecified atom stereocenters. The number of hydrogen-bond acceptors (Lipinski definition) is 3. The monoisotopic (exact) mass is 368 g/mol. The number of halogens is 2. The van der Waals surface area contributed by atoms with Gasteiger partial charge in [-0.1, -0.05) is 23.7 Å². The predicted molar refractivity (Wildman–Crippen MR) is 86.9 cm³/mol. The fourth-order valence-electron chi connectivity index (χ4n) is 2.01. The molecule has 0 aliphatic rings. The summed E-state index contributed by atoms with van der Waals surface area (Å²) in [6.45, 7) is 1.86. The van der Waals surface area contributed by atoms with E-state index in [1.807, 2.05) is 13.0 Å². The Hall–Kier alpha value is -1.52. The largest absolute Gasteiger partial charge is 0.497 e. The average Bonchev–Trinajstić information content (AvgIpc) is 2.48. The molecule has 21 heavy (non-hydrogen) atoms. The lowest BCUT2D eigenvalue weighted by Gasteiger charge is -2.13. The minimum atomic E-state index is -0.199. The van der Waals surface area contributed by atoms with E-state index >= 15 is 0 Å². The topological polar surface area (TPSA) is 35.5 Å². The molecular formula is C16H14BrClO3. The summed E-state index contributed by atoms with van der Waals surface area (Å²) in [5.74, 6) is 0.837. The Morgan fingerprint density at radius 2 is 1.90 bits per heavy atom. The number of benzene rings is 2. The van der Waals surface area contributed by atoms with E-state index in [0.29, 0.717) is 32.1 Å². The molecule has 2 aromatic carbocycles. The molecule has 0 aliphatic heterocycles. The molecule has 0 heterocycles. The van der Waals surface area contributed by atoms with Crippen LogP contribution in [0.3, 0.4) is 0 Å². The summed E-state index contributed by atoms with van der Waals surface area (Å²) in [5, 5.41) is 0.451. The number of ether oxygens (including phenoxy) is 2. The number of rotatable bonds is 4. The summed E-state index contributed by atoms with van der Waals surface area (Å²) in [4.78, 5) is 12.8. The lowest BCUT2D eigenvalue weighted by molar-refractivity contribution is 0.103. The normalized spacial score (nSPS) is 10.3. The molecule has 0 amide bonds. The first kappa shape index (κ1) is 15.9. The Bertz CT molecular complexity index is 698. The van der Waals surface area contributed by atoms with Crippen molar-refractivity contribution in [1.29, 1.82) is 0 Å². The Morgan fingerprint density at radius 3 is 2.52 bits per heavy atom. The molecule has 5 heteroatoms. The number of hydrogen-bond donors (Lipinski definition) is 0. The Kier molecular flexibility index (Phi) is 4.91. The third-order valence-corrected chi connectivity index (χ3v) is 4.27. The van der Waals surface area contributed by atoms with Crippen molar-refractivity contribution in [3.8, 4) is 11.5 Å². The zero-order valence-corrected chi connectivity index (χ0v) is 14.2. The molecule has 3 nitrogen and oxygen atoms in total. The first-order valence-electron chi connectivity index (χ1n) is 6.21. The van der Waals surface area contributed by atoms with Gasteiger partial charge in [0, 0.05) is 16.1 Å². The third kappa shape index (κ3) is 3.06. The predicted octanol–water partition coefficient (Wildman–Crippen LogP) is 4.66. The molecule has 110 valence electrons. The number of ketones is 1. The van der Waals surface area contributed by atoms with Crippen LogP contribution in [-0.2, 0) is 0 Å². The highest BCUT2D eigenvalue weighted by Gasteiger charge is 2.22. The highest BCUT2D eigenvalue weighted by molar-refractivity contribution is 9.10. The lowest BCUT2D eigenvalue weighted by atomic mass is 10.0. The van der Waals surface area contributed by atoms with Crippen molar-refractivity contribution in [2.75, 3.05) is 14.2 Å². The van der Waals surface area contributed by atoms with Gasteiger partial charge in [0.25, 0.3) is 0 Å². The maximum atomic E-state index is 12.8. The van der Waals surface area contributed by atoms with Gasteiger partial charge in [0.15, 0.2) is 5.78 Å². The van der Waals surface area contributed by atoms with Gasteiger partial charge in [0.2, 0.25) is 0 Å². The fraction of sp³-hybridized carbons (Fsp3) is 0.188. The SMILES string of the molecule is COc1cc(Br)c(C(=O)c2cccc(C)c2Cl)c(OC)c1. The molecule has 2 rings (SSSR count). The molecule has 0 radical (unpaired) electrons. The van der Waals surface area contributed by atoms with Gasteiger partial charge in [-0.05, 0) is 40.5 Å². The maximum Gasteiger partial charge on any atom is 0.199 e. The van der Waals surface area contributed by atoms with Crippen molar-refractivity contribution in [3.63, 3.8) is 0 Å². The van der Waals surface area contributed by atoms with E-state index in [0.717, 1.165) is 5.56 Å². The smallest absolute Gasteiger partial charge is 0.199 e. The summed E-state index contributed by atoms with van der Waals surface area (Å²) in [7, 11) is 3.07. The van der Waals surface area contributed by atoms with Crippen molar-refractivity contribution in [2.24, 2.45) is 0 Å². The molecule has 0 saturated carbocycles. The second-order valence-corrected chi connectivity index (χ2v) is 5.68. The molecule has 0 bridgehead atoms. The molecule has 0 fully saturated rings. The third-order valence-electron chi connectivity index (χ3n) is 3.15. The Labute approximate surface area is 137 Å². The Balaban J connectivity index is 2.60. The fourth-order valence-corrected chi connectivity index (χ4v) is 2.83. The summed E-state index contributed by atoms with van der Waals surface area (Å²) < 4.78 is 11.1. The second-order valence-electron chi connectivity index (χ2n) is 4.45. The van der Waals surface area contributed by atoms with Crippen molar-refractivity contribution < 1.29 is 14.3 Å². The van der Waals surface area contributed by atoms with Gasteiger partial charge in [-0.3, -0.25) is 4.79 Å². The van der Waals surface area contributed by atoms with Crippen LogP contribution in [0.15, 0.2) is 34.8 Å². The van der Waals surface area contributed by atoms with Crippen molar-refractivity contribution >= 4 is 33.3 Å². The van der Waals surface area contributed by atoms with Gasteiger partial charge in [-0.25, -0.2) is 0 Å². The first-order valence-corrected chi connectivity index (χ1v) is 7.38. The van der Waals surface area contributed by atoms with Gasteiger partial charge in [0.1, 0.15) is 11.5 Å².